The first kappa shape index (κ1) is 26.9. The van der Waals surface area contributed by atoms with E-state index in [0.29, 0.717) is 19.8 Å². The first-order valence-corrected chi connectivity index (χ1v) is 16.7. The van der Waals surface area contributed by atoms with Gasteiger partial charge in [-0.25, -0.2) is 14.8 Å². The van der Waals surface area contributed by atoms with Gasteiger partial charge in [-0.1, -0.05) is 19.6 Å². The highest BCUT2D eigenvalue weighted by atomic mass is 28.3. The van der Waals surface area contributed by atoms with Gasteiger partial charge in [0.1, 0.15) is 24.0 Å². The molecule has 0 radical (unpaired) electrons. The summed E-state index contributed by atoms with van der Waals surface area (Å²) in [5.41, 5.74) is 2.53. The molecule has 1 N–H and O–H groups in total. The van der Waals surface area contributed by atoms with Gasteiger partial charge < -0.3 is 29.2 Å². The normalized spacial score (nSPS) is 14.8. The maximum absolute atomic E-state index is 12.4. The fraction of sp³-hybridized carbons (Fsp3) is 0.519. The topological polar surface area (TPSA) is 84.8 Å². The Hall–Kier alpha value is -3.11. The Balaban J connectivity index is 1.34. The molecule has 3 aromatic heterocycles. The smallest absolute Gasteiger partial charge is 0.410 e. The zero-order valence-electron chi connectivity index (χ0n) is 23.0. The van der Waals surface area contributed by atoms with E-state index >= 15 is 0 Å². The second-order valence-corrected chi connectivity index (χ2v) is 17.3. The number of pyridine rings is 2. The number of hydrogen-bond acceptors (Lipinski definition) is 7. The highest BCUT2D eigenvalue weighted by Gasteiger charge is 2.26. The van der Waals surface area contributed by atoms with Crippen LogP contribution in [-0.4, -0.2) is 72.0 Å². The maximum atomic E-state index is 12.4. The summed E-state index contributed by atoms with van der Waals surface area (Å²) in [6.07, 6.45) is 3.56. The number of fused-ring (bicyclic) bond motifs is 1. The largest absolute Gasteiger partial charge is 0.444 e. The average Bonchev–Trinajstić information content (AvgIpc) is 3.22. The Bertz CT molecular complexity index is 1210. The van der Waals surface area contributed by atoms with Crippen molar-refractivity contribution >= 4 is 42.5 Å². The van der Waals surface area contributed by atoms with Crippen LogP contribution in [0.15, 0.2) is 42.7 Å². The molecular weight excluding hydrogens is 484 g/mol. The van der Waals surface area contributed by atoms with E-state index in [4.69, 9.17) is 14.5 Å². The standard InChI is InChI=1S/C27H40N6O3Si/c1-27(2,3)36-26(34)32-15-13-31(14-16-32)21-9-11-28-25(19-21)30-24-8-7-23-22(29-24)10-12-33(23)20-35-17-18-37(4,5)6/h7-12,19H,13-18,20H2,1-6H3,(H,28,29,30). The Morgan fingerprint density at radius 3 is 2.51 bits per heavy atom. The van der Waals surface area contributed by atoms with E-state index in [1.165, 1.54) is 0 Å². The van der Waals surface area contributed by atoms with Crippen LogP contribution in [0.4, 0.5) is 22.1 Å². The predicted octanol–water partition coefficient (Wildman–Crippen LogP) is 5.54. The maximum Gasteiger partial charge on any atom is 0.410 e. The lowest BCUT2D eigenvalue weighted by Crippen LogP contribution is -2.50. The molecule has 1 fully saturated rings. The second-order valence-electron chi connectivity index (χ2n) is 11.7. The van der Waals surface area contributed by atoms with Crippen molar-refractivity contribution in [2.75, 3.05) is 43.0 Å². The van der Waals surface area contributed by atoms with Gasteiger partial charge in [0.25, 0.3) is 0 Å². The van der Waals surface area contributed by atoms with Crippen LogP contribution in [0, 0.1) is 0 Å². The Morgan fingerprint density at radius 1 is 1.05 bits per heavy atom. The Kier molecular flexibility index (Phi) is 8.08. The molecule has 0 spiro atoms. The average molecular weight is 525 g/mol. The van der Waals surface area contributed by atoms with Gasteiger partial charge in [0.2, 0.25) is 0 Å². The number of nitrogens with zero attached hydrogens (tertiary/aromatic N) is 5. The molecule has 0 aromatic carbocycles. The number of carbonyl (C=O) groups excluding carboxylic acids is 1. The van der Waals surface area contributed by atoms with Crippen molar-refractivity contribution < 1.29 is 14.3 Å². The minimum absolute atomic E-state index is 0.252. The van der Waals surface area contributed by atoms with Gasteiger partial charge in [0.05, 0.1) is 11.0 Å². The van der Waals surface area contributed by atoms with E-state index in [1.807, 2.05) is 51.2 Å². The highest BCUT2D eigenvalue weighted by Crippen LogP contribution is 2.23. The van der Waals surface area contributed by atoms with Gasteiger partial charge in [-0.2, -0.15) is 0 Å². The molecule has 10 heteroatoms. The Morgan fingerprint density at radius 2 is 1.81 bits per heavy atom. The predicted molar refractivity (Wildman–Crippen MR) is 151 cm³/mol. The number of hydrogen-bond donors (Lipinski definition) is 1. The van der Waals surface area contributed by atoms with Crippen LogP contribution >= 0.6 is 0 Å². The van der Waals surface area contributed by atoms with Crippen molar-refractivity contribution in [2.45, 2.75) is 58.8 Å². The molecule has 1 aliphatic rings. The molecular formula is C27H40N6O3Si. The van der Waals surface area contributed by atoms with Crippen LogP contribution < -0.4 is 10.2 Å². The van der Waals surface area contributed by atoms with E-state index in [0.717, 1.165) is 54.1 Å². The lowest BCUT2D eigenvalue weighted by Gasteiger charge is -2.36. The number of amides is 1. The second kappa shape index (κ2) is 11.1. The first-order chi connectivity index (χ1) is 17.5. The van der Waals surface area contributed by atoms with Crippen LogP contribution in [0.1, 0.15) is 20.8 Å². The first-order valence-electron chi connectivity index (χ1n) is 13.0. The monoisotopic (exact) mass is 524 g/mol. The minimum Gasteiger partial charge on any atom is -0.444 e. The van der Waals surface area contributed by atoms with E-state index in [-0.39, 0.29) is 6.09 Å². The number of carbonyl (C=O) groups is 1. The Labute approximate surface area is 220 Å². The van der Waals surface area contributed by atoms with Gasteiger partial charge in [0.15, 0.2) is 0 Å². The summed E-state index contributed by atoms with van der Waals surface area (Å²) in [6.45, 7) is 16.8. The number of ether oxygens (including phenoxy) is 2. The van der Waals surface area contributed by atoms with Crippen LogP contribution in [0.5, 0.6) is 0 Å². The number of piperazine rings is 1. The molecule has 0 unspecified atom stereocenters. The van der Waals surface area contributed by atoms with Crippen molar-refractivity contribution in [3.63, 3.8) is 0 Å². The van der Waals surface area contributed by atoms with E-state index in [1.54, 1.807) is 11.1 Å². The van der Waals surface area contributed by atoms with Gasteiger partial charge in [-0.3, -0.25) is 0 Å². The molecule has 4 heterocycles. The lowest BCUT2D eigenvalue weighted by atomic mass is 10.2. The molecule has 1 amide bonds. The molecule has 0 bridgehead atoms. The van der Waals surface area contributed by atoms with Crippen molar-refractivity contribution in [3.8, 4) is 0 Å². The lowest BCUT2D eigenvalue weighted by molar-refractivity contribution is 0.0240. The number of anilines is 3. The zero-order valence-corrected chi connectivity index (χ0v) is 24.0. The molecule has 0 saturated carbocycles. The summed E-state index contributed by atoms with van der Waals surface area (Å²) < 4.78 is 13.5. The molecule has 200 valence electrons. The quantitative estimate of drug-likeness (QED) is 0.306. The number of aromatic nitrogens is 3. The van der Waals surface area contributed by atoms with Gasteiger partial charge in [-0.05, 0) is 51.1 Å². The van der Waals surface area contributed by atoms with Crippen LogP contribution in [0.2, 0.25) is 25.7 Å². The fourth-order valence-corrected chi connectivity index (χ4v) is 4.84. The van der Waals surface area contributed by atoms with Gasteiger partial charge in [-0.15, -0.1) is 0 Å². The summed E-state index contributed by atoms with van der Waals surface area (Å²) in [4.78, 5) is 25.6. The van der Waals surface area contributed by atoms with E-state index in [9.17, 15) is 4.79 Å². The third-order valence-corrected chi connectivity index (χ3v) is 7.85. The third-order valence-electron chi connectivity index (χ3n) is 6.15. The summed E-state index contributed by atoms with van der Waals surface area (Å²) >= 11 is 0. The van der Waals surface area contributed by atoms with Crippen molar-refractivity contribution in [3.05, 3.63) is 42.7 Å². The molecule has 3 aromatic rings. The minimum atomic E-state index is -1.09. The molecule has 1 saturated heterocycles. The molecule has 9 nitrogen and oxygen atoms in total. The SMILES string of the molecule is CC(C)(C)OC(=O)N1CCN(c2ccnc(Nc3ccc4c(ccn4COCC[Si](C)(C)C)n3)c2)CC1. The van der Waals surface area contributed by atoms with E-state index in [2.05, 4.69) is 45.5 Å². The molecule has 0 aliphatic carbocycles. The summed E-state index contributed by atoms with van der Waals surface area (Å²) in [5.74, 6) is 1.47. The summed E-state index contributed by atoms with van der Waals surface area (Å²) in [7, 11) is -1.09. The van der Waals surface area contributed by atoms with Crippen LogP contribution in [0.25, 0.3) is 11.0 Å². The van der Waals surface area contributed by atoms with Crippen molar-refractivity contribution in [2.24, 2.45) is 0 Å². The number of nitrogens with one attached hydrogen (secondary N) is 1. The summed E-state index contributed by atoms with van der Waals surface area (Å²) in [5, 5.41) is 3.34. The molecule has 0 atom stereocenters. The van der Waals surface area contributed by atoms with Gasteiger partial charge in [0, 0.05) is 65.0 Å². The van der Waals surface area contributed by atoms with Crippen LogP contribution in [-0.2, 0) is 16.2 Å². The van der Waals surface area contributed by atoms with Crippen LogP contribution in [0.3, 0.4) is 0 Å². The summed E-state index contributed by atoms with van der Waals surface area (Å²) in [6, 6.07) is 11.2. The fourth-order valence-electron chi connectivity index (χ4n) is 4.09. The van der Waals surface area contributed by atoms with Crippen molar-refractivity contribution in [1.29, 1.82) is 0 Å². The number of rotatable bonds is 8. The van der Waals surface area contributed by atoms with Crippen molar-refractivity contribution in [1.82, 2.24) is 19.4 Å². The molecule has 4 rings (SSSR count). The van der Waals surface area contributed by atoms with Gasteiger partial charge >= 0.3 is 6.09 Å². The molecule has 37 heavy (non-hydrogen) atoms. The highest BCUT2D eigenvalue weighted by molar-refractivity contribution is 6.76. The molecule has 1 aliphatic heterocycles. The zero-order chi connectivity index (χ0) is 26.6. The third kappa shape index (κ3) is 7.69. The van der Waals surface area contributed by atoms with E-state index < -0.39 is 13.7 Å².